The molecule has 0 spiro atoms. The molecule has 184 valence electrons. The molecule has 5 rings (SSSR count). The van der Waals surface area contributed by atoms with Crippen LogP contribution in [-0.2, 0) is 24.1 Å². The monoisotopic (exact) mass is 466 g/mol. The predicted octanol–water partition coefficient (Wildman–Crippen LogP) is 4.02. The van der Waals surface area contributed by atoms with Crippen molar-refractivity contribution in [2.75, 3.05) is 19.6 Å². The first-order valence-electron chi connectivity index (χ1n) is 13.2. The van der Waals surface area contributed by atoms with Crippen LogP contribution in [0.4, 0.5) is 0 Å². The zero-order chi connectivity index (χ0) is 23.3. The summed E-state index contributed by atoms with van der Waals surface area (Å²) in [6, 6.07) is 4.60. The van der Waals surface area contributed by atoms with Gasteiger partial charge in [0.15, 0.2) is 5.89 Å². The van der Waals surface area contributed by atoms with Crippen LogP contribution < -0.4 is 10.1 Å². The highest BCUT2D eigenvalue weighted by molar-refractivity contribution is 5.78. The maximum absolute atomic E-state index is 12.3. The van der Waals surface area contributed by atoms with Gasteiger partial charge in [-0.15, -0.1) is 0 Å². The van der Waals surface area contributed by atoms with E-state index in [0.29, 0.717) is 23.8 Å². The third kappa shape index (κ3) is 6.17. The van der Waals surface area contributed by atoms with Gasteiger partial charge in [0.2, 0.25) is 11.8 Å². The highest BCUT2D eigenvalue weighted by Crippen LogP contribution is 2.28. The minimum Gasteiger partial charge on any atom is -0.474 e. The number of oxazole rings is 1. The van der Waals surface area contributed by atoms with Gasteiger partial charge in [-0.25, -0.2) is 9.97 Å². The van der Waals surface area contributed by atoms with Gasteiger partial charge in [-0.05, 0) is 75.8 Å². The molecule has 3 heterocycles. The highest BCUT2D eigenvalue weighted by atomic mass is 16.5. The average Bonchev–Trinajstić information content (AvgIpc) is 3.10. The maximum atomic E-state index is 12.3. The minimum absolute atomic E-state index is 0.0404. The second kappa shape index (κ2) is 10.9. The number of hydrogen-bond donors (Lipinski definition) is 1. The molecule has 7 heteroatoms. The van der Waals surface area contributed by atoms with E-state index in [9.17, 15) is 4.79 Å². The Morgan fingerprint density at radius 3 is 2.71 bits per heavy atom. The topological polar surface area (TPSA) is 80.5 Å². The number of amides is 1. The van der Waals surface area contributed by atoms with E-state index in [-0.39, 0.29) is 12.3 Å². The Balaban J connectivity index is 1.01. The van der Waals surface area contributed by atoms with Crippen LogP contribution in [0.5, 0.6) is 5.88 Å². The summed E-state index contributed by atoms with van der Waals surface area (Å²) >= 11 is 0. The molecule has 0 radical (unpaired) electrons. The quantitative estimate of drug-likeness (QED) is 0.633. The molecule has 2 aromatic heterocycles. The van der Waals surface area contributed by atoms with Gasteiger partial charge >= 0.3 is 0 Å². The SMILES string of the molecule is Cc1ncc(CC(=O)NC2CCC(CCN3CCc4ccc(OC5CCC5)nc4CC3)CC2)o1. The van der Waals surface area contributed by atoms with Gasteiger partial charge in [0.25, 0.3) is 0 Å². The molecule has 7 nitrogen and oxygen atoms in total. The lowest BCUT2D eigenvalue weighted by molar-refractivity contribution is -0.121. The van der Waals surface area contributed by atoms with Crippen LogP contribution in [0.1, 0.15) is 74.3 Å². The number of nitrogens with zero attached hydrogens (tertiary/aromatic N) is 3. The number of aromatic nitrogens is 2. The van der Waals surface area contributed by atoms with Crippen LogP contribution in [-0.4, -0.2) is 52.6 Å². The molecule has 0 atom stereocenters. The minimum atomic E-state index is 0.0404. The van der Waals surface area contributed by atoms with Crippen molar-refractivity contribution in [2.24, 2.45) is 5.92 Å². The van der Waals surface area contributed by atoms with Crippen LogP contribution in [0.25, 0.3) is 0 Å². The summed E-state index contributed by atoms with van der Waals surface area (Å²) in [6.07, 6.45) is 13.8. The van der Waals surface area contributed by atoms with Gasteiger partial charge in [-0.3, -0.25) is 4.79 Å². The lowest BCUT2D eigenvalue weighted by Gasteiger charge is -2.30. The molecular formula is C27H38N4O3. The van der Waals surface area contributed by atoms with Crippen LogP contribution in [0.15, 0.2) is 22.7 Å². The number of rotatable bonds is 8. The normalized spacial score (nSPS) is 23.6. The molecule has 2 fully saturated rings. The van der Waals surface area contributed by atoms with Crippen LogP contribution >= 0.6 is 0 Å². The third-order valence-corrected chi connectivity index (χ3v) is 7.81. The van der Waals surface area contributed by atoms with Crippen molar-refractivity contribution in [3.8, 4) is 5.88 Å². The Bertz CT molecular complexity index is 963. The average molecular weight is 467 g/mol. The first kappa shape index (κ1) is 23.3. The summed E-state index contributed by atoms with van der Waals surface area (Å²) in [5.41, 5.74) is 2.62. The highest BCUT2D eigenvalue weighted by Gasteiger charge is 2.24. The standard InChI is InChI=1S/C27H38N4O3/c1-19-28-18-24(33-19)17-26(32)29-22-8-5-20(6-9-22)11-14-31-15-12-21-7-10-27(30-25(21)13-16-31)34-23-3-2-4-23/h7,10,18,20,22-23H,2-6,8-9,11-17H2,1H3,(H,29,32). The van der Waals surface area contributed by atoms with E-state index >= 15 is 0 Å². The fourth-order valence-electron chi connectivity index (χ4n) is 5.44. The van der Waals surface area contributed by atoms with Crippen molar-refractivity contribution >= 4 is 5.91 Å². The molecule has 2 aliphatic carbocycles. The fourth-order valence-corrected chi connectivity index (χ4v) is 5.44. The van der Waals surface area contributed by atoms with Crippen LogP contribution in [0, 0.1) is 12.8 Å². The van der Waals surface area contributed by atoms with Crippen LogP contribution in [0.3, 0.4) is 0 Å². The van der Waals surface area contributed by atoms with E-state index in [2.05, 4.69) is 27.3 Å². The van der Waals surface area contributed by atoms with Crippen molar-refractivity contribution in [3.63, 3.8) is 0 Å². The molecule has 1 N–H and O–H groups in total. The Kier molecular flexibility index (Phi) is 7.48. The number of nitrogens with one attached hydrogen (secondary N) is 1. The number of carbonyl (C=O) groups is 1. The molecule has 1 amide bonds. The summed E-state index contributed by atoms with van der Waals surface area (Å²) < 4.78 is 11.4. The number of pyridine rings is 1. The number of fused-ring (bicyclic) bond motifs is 1. The van der Waals surface area contributed by atoms with Gasteiger partial charge < -0.3 is 19.4 Å². The second-order valence-electron chi connectivity index (χ2n) is 10.4. The van der Waals surface area contributed by atoms with Crippen molar-refractivity contribution in [2.45, 2.75) is 89.7 Å². The van der Waals surface area contributed by atoms with E-state index in [1.807, 2.05) is 0 Å². The summed E-state index contributed by atoms with van der Waals surface area (Å²) in [7, 11) is 0. The molecule has 0 saturated heterocycles. The van der Waals surface area contributed by atoms with Crippen molar-refractivity contribution in [1.82, 2.24) is 20.2 Å². The second-order valence-corrected chi connectivity index (χ2v) is 10.4. The largest absolute Gasteiger partial charge is 0.474 e. The third-order valence-electron chi connectivity index (χ3n) is 7.81. The first-order chi connectivity index (χ1) is 16.6. The summed E-state index contributed by atoms with van der Waals surface area (Å²) in [6.45, 7) is 5.15. The van der Waals surface area contributed by atoms with E-state index < -0.39 is 0 Å². The number of carbonyl (C=O) groups excluding carboxylic acids is 1. The lowest BCUT2D eigenvalue weighted by atomic mass is 9.84. The smallest absolute Gasteiger partial charge is 0.227 e. The Morgan fingerprint density at radius 2 is 1.97 bits per heavy atom. The van der Waals surface area contributed by atoms with E-state index in [4.69, 9.17) is 14.1 Å². The van der Waals surface area contributed by atoms with Gasteiger partial charge in [0, 0.05) is 44.2 Å². The van der Waals surface area contributed by atoms with Gasteiger partial charge in [-0.2, -0.15) is 0 Å². The van der Waals surface area contributed by atoms with Crippen molar-refractivity contribution in [3.05, 3.63) is 41.2 Å². The summed E-state index contributed by atoms with van der Waals surface area (Å²) in [5.74, 6) is 2.86. The van der Waals surface area contributed by atoms with Gasteiger partial charge in [0.05, 0.1) is 12.6 Å². The number of hydrogen-bond acceptors (Lipinski definition) is 6. The zero-order valence-corrected chi connectivity index (χ0v) is 20.4. The summed E-state index contributed by atoms with van der Waals surface area (Å²) in [4.78, 5) is 23.8. The molecule has 0 bridgehead atoms. The number of aryl methyl sites for hydroxylation is 1. The zero-order valence-electron chi connectivity index (χ0n) is 20.4. The van der Waals surface area contributed by atoms with Crippen molar-refractivity contribution in [1.29, 1.82) is 0 Å². The molecule has 0 aromatic carbocycles. The molecular weight excluding hydrogens is 428 g/mol. The molecule has 2 saturated carbocycles. The maximum Gasteiger partial charge on any atom is 0.227 e. The molecule has 34 heavy (non-hydrogen) atoms. The van der Waals surface area contributed by atoms with Gasteiger partial charge in [-0.1, -0.05) is 6.07 Å². The first-order valence-corrected chi connectivity index (χ1v) is 13.2. The summed E-state index contributed by atoms with van der Waals surface area (Å²) in [5, 5.41) is 3.19. The molecule has 2 aromatic rings. The molecule has 3 aliphatic rings. The van der Waals surface area contributed by atoms with E-state index in [0.717, 1.165) is 57.1 Å². The Morgan fingerprint density at radius 1 is 1.15 bits per heavy atom. The lowest BCUT2D eigenvalue weighted by Crippen LogP contribution is -2.39. The Labute approximate surface area is 202 Å². The van der Waals surface area contributed by atoms with Crippen LogP contribution in [0.2, 0.25) is 0 Å². The Hall–Kier alpha value is -2.41. The fraction of sp³-hybridized carbons (Fsp3) is 0.667. The predicted molar refractivity (Wildman–Crippen MR) is 130 cm³/mol. The molecule has 0 unspecified atom stereocenters. The van der Waals surface area contributed by atoms with E-state index in [1.54, 1.807) is 13.1 Å². The number of ether oxygens (including phenoxy) is 1. The van der Waals surface area contributed by atoms with Gasteiger partial charge in [0.1, 0.15) is 11.9 Å². The molecule has 1 aliphatic heterocycles. The van der Waals surface area contributed by atoms with Crippen molar-refractivity contribution < 1.29 is 13.9 Å². The van der Waals surface area contributed by atoms with E-state index in [1.165, 1.54) is 49.8 Å².